The largest absolute Gasteiger partial charge is 0.497 e. The lowest BCUT2D eigenvalue weighted by Crippen LogP contribution is -2.28. The lowest BCUT2D eigenvalue weighted by Gasteiger charge is -2.14. The summed E-state index contributed by atoms with van der Waals surface area (Å²) in [5.41, 5.74) is 1.73. The van der Waals surface area contributed by atoms with E-state index in [1.807, 2.05) is 49.4 Å². The summed E-state index contributed by atoms with van der Waals surface area (Å²) in [4.78, 5) is 12.2. The van der Waals surface area contributed by atoms with E-state index in [0.29, 0.717) is 16.1 Å². The van der Waals surface area contributed by atoms with Gasteiger partial charge in [-0.2, -0.15) is 0 Å². The molecule has 140 valence electrons. The van der Waals surface area contributed by atoms with Crippen molar-refractivity contribution in [2.75, 3.05) is 12.9 Å². The van der Waals surface area contributed by atoms with Crippen molar-refractivity contribution < 1.29 is 13.9 Å². The molecule has 2 aromatic carbocycles. The van der Waals surface area contributed by atoms with Crippen molar-refractivity contribution >= 4 is 29.3 Å². The number of carbonyl (C=O) groups excluding carboxylic acids is 1. The van der Waals surface area contributed by atoms with Gasteiger partial charge in [0.25, 0.3) is 5.22 Å². The molecule has 1 N–H and O–H groups in total. The topological polar surface area (TPSA) is 77.2 Å². The van der Waals surface area contributed by atoms with Crippen LogP contribution in [0.3, 0.4) is 0 Å². The zero-order valence-electron chi connectivity index (χ0n) is 14.8. The molecule has 27 heavy (non-hydrogen) atoms. The Hall–Kier alpha value is -2.51. The van der Waals surface area contributed by atoms with Gasteiger partial charge in [-0.15, -0.1) is 10.2 Å². The smallest absolute Gasteiger partial charge is 0.277 e. The highest BCUT2D eigenvalue weighted by molar-refractivity contribution is 7.99. The van der Waals surface area contributed by atoms with Crippen LogP contribution in [0.25, 0.3) is 11.5 Å². The number of benzene rings is 2. The molecule has 0 bridgehead atoms. The number of hydrogen-bond acceptors (Lipinski definition) is 6. The number of carbonyl (C=O) groups is 1. The number of ether oxygens (including phenoxy) is 1. The molecule has 1 aromatic heterocycles. The van der Waals surface area contributed by atoms with Gasteiger partial charge < -0.3 is 14.5 Å². The summed E-state index contributed by atoms with van der Waals surface area (Å²) in [5, 5.41) is 11.9. The second-order valence-corrected chi connectivity index (χ2v) is 7.10. The zero-order chi connectivity index (χ0) is 19.2. The monoisotopic (exact) mass is 403 g/mol. The number of rotatable bonds is 7. The number of nitrogens with one attached hydrogen (secondary N) is 1. The molecule has 8 heteroatoms. The minimum absolute atomic E-state index is 0.128. The van der Waals surface area contributed by atoms with Crippen molar-refractivity contribution in [3.8, 4) is 17.2 Å². The zero-order valence-corrected chi connectivity index (χ0v) is 16.4. The quantitative estimate of drug-likeness (QED) is 0.590. The highest BCUT2D eigenvalue weighted by Gasteiger charge is 2.14. The number of amides is 1. The average molecular weight is 404 g/mol. The van der Waals surface area contributed by atoms with E-state index in [1.54, 1.807) is 13.2 Å². The van der Waals surface area contributed by atoms with Crippen LogP contribution in [0.2, 0.25) is 5.02 Å². The fourth-order valence-corrected chi connectivity index (χ4v) is 3.16. The third-order valence-electron chi connectivity index (χ3n) is 3.80. The maximum absolute atomic E-state index is 12.2. The molecule has 0 unspecified atom stereocenters. The standard InChI is InChI=1S/C19H18ClN3O3S/c1-12(14-4-3-5-15(20)10-14)21-17(24)11-27-19-23-22-18(26-19)13-6-8-16(25-2)9-7-13/h3-10,12H,11H2,1-2H3,(H,21,24)/t12-/m1/s1. The van der Waals surface area contributed by atoms with Crippen molar-refractivity contribution in [3.63, 3.8) is 0 Å². The Balaban J connectivity index is 1.54. The van der Waals surface area contributed by atoms with Crippen molar-refractivity contribution in [1.29, 1.82) is 0 Å². The Labute approximate surface area is 166 Å². The Morgan fingerprint density at radius 1 is 1.26 bits per heavy atom. The van der Waals surface area contributed by atoms with Gasteiger partial charge in [-0.1, -0.05) is 35.5 Å². The van der Waals surface area contributed by atoms with E-state index in [0.717, 1.165) is 16.9 Å². The van der Waals surface area contributed by atoms with Crippen molar-refractivity contribution in [2.45, 2.75) is 18.2 Å². The lowest BCUT2D eigenvalue weighted by atomic mass is 10.1. The van der Waals surface area contributed by atoms with Crippen LogP contribution in [0, 0.1) is 0 Å². The first-order valence-corrected chi connectivity index (χ1v) is 9.57. The van der Waals surface area contributed by atoms with E-state index in [2.05, 4.69) is 15.5 Å². The predicted octanol–water partition coefficient (Wildman–Crippen LogP) is 4.37. The Kier molecular flexibility index (Phi) is 6.36. The van der Waals surface area contributed by atoms with Crippen LogP contribution >= 0.6 is 23.4 Å². The van der Waals surface area contributed by atoms with Gasteiger partial charge in [-0.05, 0) is 48.9 Å². The van der Waals surface area contributed by atoms with Gasteiger partial charge in [0, 0.05) is 10.6 Å². The van der Waals surface area contributed by atoms with Crippen LogP contribution < -0.4 is 10.1 Å². The Bertz CT molecular complexity index is 915. The molecule has 0 aliphatic carbocycles. The molecular weight excluding hydrogens is 386 g/mol. The van der Waals surface area contributed by atoms with E-state index in [-0.39, 0.29) is 17.7 Å². The van der Waals surface area contributed by atoms with E-state index >= 15 is 0 Å². The molecule has 1 atom stereocenters. The molecule has 6 nitrogen and oxygen atoms in total. The van der Waals surface area contributed by atoms with Crippen LogP contribution in [0.1, 0.15) is 18.5 Å². The summed E-state index contributed by atoms with van der Waals surface area (Å²) in [7, 11) is 1.61. The molecule has 0 aliphatic heterocycles. The number of thioether (sulfide) groups is 1. The minimum Gasteiger partial charge on any atom is -0.497 e. The molecule has 0 radical (unpaired) electrons. The molecule has 1 amide bonds. The van der Waals surface area contributed by atoms with E-state index in [9.17, 15) is 4.79 Å². The van der Waals surface area contributed by atoms with Crippen LogP contribution in [-0.2, 0) is 4.79 Å². The molecule has 0 saturated carbocycles. The van der Waals surface area contributed by atoms with Gasteiger partial charge in [-0.3, -0.25) is 4.79 Å². The summed E-state index contributed by atoms with van der Waals surface area (Å²) < 4.78 is 10.7. The van der Waals surface area contributed by atoms with Crippen LogP contribution in [-0.4, -0.2) is 29.0 Å². The van der Waals surface area contributed by atoms with Crippen LogP contribution in [0.4, 0.5) is 0 Å². The Morgan fingerprint density at radius 2 is 2.04 bits per heavy atom. The highest BCUT2D eigenvalue weighted by Crippen LogP contribution is 2.25. The van der Waals surface area contributed by atoms with Crippen LogP contribution in [0.15, 0.2) is 58.2 Å². The van der Waals surface area contributed by atoms with Gasteiger partial charge in [0.2, 0.25) is 11.8 Å². The first-order valence-electron chi connectivity index (χ1n) is 8.20. The molecule has 0 saturated heterocycles. The van der Waals surface area contributed by atoms with Gasteiger partial charge in [0.05, 0.1) is 18.9 Å². The molecule has 0 aliphatic rings. The van der Waals surface area contributed by atoms with Gasteiger partial charge in [0.1, 0.15) is 5.75 Å². The molecular formula is C19H18ClN3O3S. The fraction of sp³-hybridized carbons (Fsp3) is 0.211. The molecule has 3 rings (SSSR count). The first-order chi connectivity index (χ1) is 13.0. The minimum atomic E-state index is -0.144. The van der Waals surface area contributed by atoms with Crippen molar-refractivity contribution in [3.05, 3.63) is 59.1 Å². The second kappa shape index (κ2) is 8.92. The average Bonchev–Trinajstić information content (AvgIpc) is 3.15. The highest BCUT2D eigenvalue weighted by atomic mass is 35.5. The first kappa shape index (κ1) is 19.3. The molecule has 1 heterocycles. The number of aromatic nitrogens is 2. The number of nitrogens with zero attached hydrogens (tertiary/aromatic N) is 2. The van der Waals surface area contributed by atoms with Crippen LogP contribution in [0.5, 0.6) is 5.75 Å². The number of halogens is 1. The summed E-state index contributed by atoms with van der Waals surface area (Å²) in [5.74, 6) is 1.19. The number of hydrogen-bond donors (Lipinski definition) is 1. The third kappa shape index (κ3) is 5.24. The lowest BCUT2D eigenvalue weighted by molar-refractivity contribution is -0.119. The van der Waals surface area contributed by atoms with Crippen molar-refractivity contribution in [2.24, 2.45) is 0 Å². The van der Waals surface area contributed by atoms with E-state index in [4.69, 9.17) is 20.8 Å². The maximum atomic E-state index is 12.2. The SMILES string of the molecule is COc1ccc(-c2nnc(SCC(=O)N[C@H](C)c3cccc(Cl)c3)o2)cc1. The third-order valence-corrected chi connectivity index (χ3v) is 4.85. The summed E-state index contributed by atoms with van der Waals surface area (Å²) >= 11 is 7.17. The van der Waals surface area contributed by atoms with E-state index in [1.165, 1.54) is 11.8 Å². The molecule has 3 aromatic rings. The van der Waals surface area contributed by atoms with Gasteiger partial charge in [-0.25, -0.2) is 0 Å². The fourth-order valence-electron chi connectivity index (χ4n) is 2.39. The normalized spacial score (nSPS) is 11.8. The summed E-state index contributed by atoms with van der Waals surface area (Å²) in [6.07, 6.45) is 0. The van der Waals surface area contributed by atoms with Gasteiger partial charge in [0.15, 0.2) is 0 Å². The van der Waals surface area contributed by atoms with E-state index < -0.39 is 0 Å². The Morgan fingerprint density at radius 3 is 2.74 bits per heavy atom. The molecule has 0 fully saturated rings. The predicted molar refractivity (Wildman–Crippen MR) is 105 cm³/mol. The summed E-state index contributed by atoms with van der Waals surface area (Å²) in [6, 6.07) is 14.6. The molecule has 0 spiro atoms. The summed E-state index contributed by atoms with van der Waals surface area (Å²) in [6.45, 7) is 1.91. The van der Waals surface area contributed by atoms with Crippen molar-refractivity contribution in [1.82, 2.24) is 15.5 Å². The second-order valence-electron chi connectivity index (χ2n) is 5.73. The number of methoxy groups -OCH3 is 1. The maximum Gasteiger partial charge on any atom is 0.277 e. The van der Waals surface area contributed by atoms with Gasteiger partial charge >= 0.3 is 0 Å².